The largest absolute Gasteiger partial charge is 0.416 e. The highest BCUT2D eigenvalue weighted by Crippen LogP contribution is 2.65. The van der Waals surface area contributed by atoms with Crippen LogP contribution in [0.5, 0.6) is 0 Å². The minimum Gasteiger partial charge on any atom is -0.416 e. The predicted octanol–water partition coefficient (Wildman–Crippen LogP) is 3.35. The second kappa shape index (κ2) is 3.25. The fourth-order valence-electron chi connectivity index (χ4n) is 2.69. The van der Waals surface area contributed by atoms with Gasteiger partial charge in [0.2, 0.25) is 0 Å². The summed E-state index contributed by atoms with van der Waals surface area (Å²) < 4.78 is 12.1. The standard InChI is InChI=1S/C14H24O2Si/c1-13(2,3)17(4,5)15-9-14-8-10(14)6-7-11-12(14)16-11/h6-7,10-12H,8-9H2,1-5H3/t10-,11?,12?,14-/m0/s1. The lowest BCUT2D eigenvalue weighted by Gasteiger charge is -2.37. The van der Waals surface area contributed by atoms with Gasteiger partial charge in [-0.3, -0.25) is 0 Å². The highest BCUT2D eigenvalue weighted by Gasteiger charge is 2.68. The molecule has 2 fully saturated rings. The molecule has 0 radical (unpaired) electrons. The molecule has 0 spiro atoms. The van der Waals surface area contributed by atoms with Gasteiger partial charge >= 0.3 is 0 Å². The zero-order chi connectivity index (χ0) is 12.5. The number of ether oxygens (including phenoxy) is 1. The average Bonchev–Trinajstić information content (AvgIpc) is 3.05. The number of allylic oxidation sites excluding steroid dienone is 1. The number of rotatable bonds is 3. The second-order valence-corrected chi connectivity index (χ2v) is 12.3. The van der Waals surface area contributed by atoms with Crippen molar-refractivity contribution in [3.63, 3.8) is 0 Å². The van der Waals surface area contributed by atoms with Gasteiger partial charge < -0.3 is 9.16 Å². The van der Waals surface area contributed by atoms with Crippen molar-refractivity contribution < 1.29 is 9.16 Å². The van der Waals surface area contributed by atoms with E-state index in [9.17, 15) is 0 Å². The quantitative estimate of drug-likeness (QED) is 0.436. The first-order valence-corrected chi connectivity index (χ1v) is 9.65. The van der Waals surface area contributed by atoms with Gasteiger partial charge in [0.25, 0.3) is 0 Å². The Kier molecular flexibility index (Phi) is 2.28. The minimum atomic E-state index is -1.60. The van der Waals surface area contributed by atoms with Crippen LogP contribution < -0.4 is 0 Å². The van der Waals surface area contributed by atoms with Crippen molar-refractivity contribution >= 4 is 8.32 Å². The van der Waals surface area contributed by atoms with Crippen molar-refractivity contribution in [3.05, 3.63) is 12.2 Å². The third-order valence-electron chi connectivity index (χ3n) is 5.31. The molecule has 3 heteroatoms. The number of epoxide rings is 1. The first kappa shape index (κ1) is 11.9. The van der Waals surface area contributed by atoms with E-state index in [0.717, 1.165) is 12.5 Å². The van der Waals surface area contributed by atoms with Crippen LogP contribution in [0.2, 0.25) is 18.1 Å². The monoisotopic (exact) mass is 252 g/mol. The summed E-state index contributed by atoms with van der Waals surface area (Å²) >= 11 is 0. The Bertz CT molecular complexity index is 369. The van der Waals surface area contributed by atoms with Crippen LogP contribution in [-0.4, -0.2) is 27.1 Å². The number of hydrogen-bond donors (Lipinski definition) is 0. The lowest BCUT2D eigenvalue weighted by molar-refractivity contribution is 0.173. The van der Waals surface area contributed by atoms with Gasteiger partial charge in [-0.25, -0.2) is 0 Å². The third kappa shape index (κ3) is 1.74. The molecule has 2 nitrogen and oxygen atoms in total. The van der Waals surface area contributed by atoms with Crippen molar-refractivity contribution in [2.24, 2.45) is 11.3 Å². The lowest BCUT2D eigenvalue weighted by Crippen LogP contribution is -2.43. The number of fused-ring (bicyclic) bond motifs is 3. The Morgan fingerprint density at radius 2 is 2.06 bits per heavy atom. The Morgan fingerprint density at radius 1 is 1.35 bits per heavy atom. The molecule has 0 bridgehead atoms. The molecule has 96 valence electrons. The molecule has 1 saturated heterocycles. The van der Waals surface area contributed by atoms with Crippen LogP contribution >= 0.6 is 0 Å². The van der Waals surface area contributed by atoms with Gasteiger partial charge in [0.15, 0.2) is 8.32 Å². The summed E-state index contributed by atoms with van der Waals surface area (Å²) in [5.74, 6) is 0.732. The number of hydrogen-bond acceptors (Lipinski definition) is 2. The predicted molar refractivity (Wildman–Crippen MR) is 71.5 cm³/mol. The fraction of sp³-hybridized carbons (Fsp3) is 0.857. The van der Waals surface area contributed by atoms with Crippen LogP contribution in [0.1, 0.15) is 27.2 Å². The molecule has 3 rings (SSSR count). The Hall–Kier alpha value is -0.123. The normalized spacial score (nSPS) is 43.0. The first-order valence-electron chi connectivity index (χ1n) is 6.74. The first-order chi connectivity index (χ1) is 7.76. The zero-order valence-electron chi connectivity index (χ0n) is 11.6. The minimum absolute atomic E-state index is 0.308. The molecule has 2 aliphatic carbocycles. The van der Waals surface area contributed by atoms with Crippen LogP contribution in [0.25, 0.3) is 0 Å². The van der Waals surface area contributed by atoms with Gasteiger partial charge in [-0.1, -0.05) is 32.9 Å². The molecule has 17 heavy (non-hydrogen) atoms. The van der Waals surface area contributed by atoms with Gasteiger partial charge in [0, 0.05) is 12.0 Å². The van der Waals surface area contributed by atoms with E-state index in [4.69, 9.17) is 9.16 Å². The zero-order valence-corrected chi connectivity index (χ0v) is 12.6. The summed E-state index contributed by atoms with van der Waals surface area (Å²) in [5, 5.41) is 0.308. The highest BCUT2D eigenvalue weighted by molar-refractivity contribution is 6.74. The van der Waals surface area contributed by atoms with Crippen molar-refractivity contribution in [2.45, 2.75) is 57.5 Å². The van der Waals surface area contributed by atoms with Crippen LogP contribution in [0.4, 0.5) is 0 Å². The lowest BCUT2D eigenvalue weighted by atomic mass is 9.94. The summed E-state index contributed by atoms with van der Waals surface area (Å²) in [4.78, 5) is 0. The third-order valence-corrected chi connectivity index (χ3v) is 9.79. The van der Waals surface area contributed by atoms with Crippen LogP contribution in [0.3, 0.4) is 0 Å². The second-order valence-electron chi connectivity index (χ2n) is 7.50. The van der Waals surface area contributed by atoms with E-state index < -0.39 is 8.32 Å². The topological polar surface area (TPSA) is 21.8 Å². The van der Waals surface area contributed by atoms with Gasteiger partial charge in [-0.15, -0.1) is 0 Å². The van der Waals surface area contributed by atoms with Crippen molar-refractivity contribution in [1.82, 2.24) is 0 Å². The van der Waals surface area contributed by atoms with Crippen LogP contribution in [-0.2, 0) is 9.16 Å². The maximum atomic E-state index is 6.40. The highest BCUT2D eigenvalue weighted by atomic mass is 28.4. The van der Waals surface area contributed by atoms with Gasteiger partial charge in [-0.05, 0) is 30.5 Å². The van der Waals surface area contributed by atoms with Gasteiger partial charge in [-0.2, -0.15) is 0 Å². The molecule has 1 aliphatic heterocycles. The molecule has 1 saturated carbocycles. The molecule has 0 amide bonds. The van der Waals surface area contributed by atoms with Crippen LogP contribution in [0.15, 0.2) is 12.2 Å². The summed E-state index contributed by atoms with van der Waals surface area (Å²) in [6.07, 6.45) is 6.76. The molecule has 0 aromatic carbocycles. The van der Waals surface area contributed by atoms with E-state index in [-0.39, 0.29) is 0 Å². The molecule has 0 aromatic rings. The molecule has 4 atom stereocenters. The average molecular weight is 252 g/mol. The molecule has 0 N–H and O–H groups in total. The van der Waals surface area contributed by atoms with Crippen molar-refractivity contribution in [1.29, 1.82) is 0 Å². The van der Waals surface area contributed by atoms with E-state index in [1.807, 2.05) is 0 Å². The molecule has 3 aliphatic rings. The van der Waals surface area contributed by atoms with E-state index in [2.05, 4.69) is 46.0 Å². The Labute approximate surface area is 106 Å². The molecule has 0 aromatic heterocycles. The smallest absolute Gasteiger partial charge is 0.192 e. The summed E-state index contributed by atoms with van der Waals surface area (Å²) in [6.45, 7) is 12.5. The van der Waals surface area contributed by atoms with E-state index in [1.165, 1.54) is 6.42 Å². The fourth-order valence-corrected chi connectivity index (χ4v) is 3.76. The summed E-state index contributed by atoms with van der Waals surface area (Å²) in [6, 6.07) is 0. The van der Waals surface area contributed by atoms with Crippen LogP contribution in [0, 0.1) is 11.3 Å². The molecular weight excluding hydrogens is 228 g/mol. The summed E-state index contributed by atoms with van der Waals surface area (Å²) in [7, 11) is -1.60. The van der Waals surface area contributed by atoms with Gasteiger partial charge in [0.1, 0.15) is 6.10 Å². The van der Waals surface area contributed by atoms with Gasteiger partial charge in [0.05, 0.1) is 6.10 Å². The summed E-state index contributed by atoms with van der Waals surface area (Å²) in [5.41, 5.74) is 0.356. The van der Waals surface area contributed by atoms with Crippen molar-refractivity contribution in [2.75, 3.05) is 6.61 Å². The molecule has 1 heterocycles. The van der Waals surface area contributed by atoms with E-state index >= 15 is 0 Å². The maximum Gasteiger partial charge on any atom is 0.192 e. The van der Waals surface area contributed by atoms with E-state index in [1.54, 1.807) is 0 Å². The molecular formula is C14H24O2Si. The SMILES string of the molecule is CC(C)(C)[Si](C)(C)OC[C@@]12C[C@@H]1C=CC1OC12. The van der Waals surface area contributed by atoms with Crippen molar-refractivity contribution in [3.8, 4) is 0 Å². The molecule has 2 unspecified atom stereocenters. The maximum absolute atomic E-state index is 6.40. The Balaban J connectivity index is 1.65. The van der Waals surface area contributed by atoms with E-state index in [0.29, 0.717) is 22.7 Å². The Morgan fingerprint density at radius 3 is 2.71 bits per heavy atom.